The number of nitrogens with zero attached hydrogens (tertiary/aromatic N) is 1. The second-order valence-electron chi connectivity index (χ2n) is 5.09. The van der Waals surface area contributed by atoms with E-state index in [1.807, 2.05) is 35.2 Å². The molecular formula is C17H17NO. The van der Waals surface area contributed by atoms with Gasteiger partial charge in [-0.15, -0.1) is 0 Å². The Morgan fingerprint density at radius 3 is 2.63 bits per heavy atom. The average Bonchev–Trinajstić information content (AvgIpc) is 2.85. The van der Waals surface area contributed by atoms with E-state index in [1.165, 1.54) is 11.1 Å². The van der Waals surface area contributed by atoms with Crippen molar-refractivity contribution in [3.05, 3.63) is 65.2 Å². The SMILES string of the molecule is Cc1ccc(CC(=O)N2CCc3ccccc32)cc1. The number of hydrogen-bond acceptors (Lipinski definition) is 1. The maximum atomic E-state index is 12.4. The van der Waals surface area contributed by atoms with Crippen molar-refractivity contribution < 1.29 is 4.79 Å². The Bertz CT molecular complexity index is 601. The second kappa shape index (κ2) is 4.88. The number of para-hydroxylation sites is 1. The molecule has 0 saturated carbocycles. The van der Waals surface area contributed by atoms with Crippen molar-refractivity contribution in [2.45, 2.75) is 19.8 Å². The van der Waals surface area contributed by atoms with E-state index in [2.05, 4.69) is 25.1 Å². The molecule has 0 aliphatic carbocycles. The molecule has 0 saturated heterocycles. The average molecular weight is 251 g/mol. The Hall–Kier alpha value is -2.09. The number of amides is 1. The maximum Gasteiger partial charge on any atom is 0.231 e. The van der Waals surface area contributed by atoms with Gasteiger partial charge in [-0.1, -0.05) is 48.0 Å². The van der Waals surface area contributed by atoms with Gasteiger partial charge in [0.15, 0.2) is 0 Å². The molecule has 0 unspecified atom stereocenters. The van der Waals surface area contributed by atoms with Crippen molar-refractivity contribution >= 4 is 11.6 Å². The molecule has 2 aromatic carbocycles. The highest BCUT2D eigenvalue weighted by Crippen LogP contribution is 2.27. The van der Waals surface area contributed by atoms with Gasteiger partial charge < -0.3 is 4.90 Å². The largest absolute Gasteiger partial charge is 0.312 e. The van der Waals surface area contributed by atoms with Crippen molar-refractivity contribution in [3.63, 3.8) is 0 Å². The predicted molar refractivity (Wildman–Crippen MR) is 77.4 cm³/mol. The molecule has 0 fully saturated rings. The van der Waals surface area contributed by atoms with E-state index >= 15 is 0 Å². The van der Waals surface area contributed by atoms with Gasteiger partial charge in [-0.3, -0.25) is 4.79 Å². The fraction of sp³-hybridized carbons (Fsp3) is 0.235. The molecule has 19 heavy (non-hydrogen) atoms. The van der Waals surface area contributed by atoms with E-state index in [0.29, 0.717) is 6.42 Å². The molecule has 0 N–H and O–H groups in total. The van der Waals surface area contributed by atoms with Gasteiger partial charge in [0.25, 0.3) is 0 Å². The molecule has 1 amide bonds. The van der Waals surface area contributed by atoms with Gasteiger partial charge in [0.1, 0.15) is 0 Å². The van der Waals surface area contributed by atoms with E-state index in [4.69, 9.17) is 0 Å². The molecule has 2 nitrogen and oxygen atoms in total. The van der Waals surface area contributed by atoms with Crippen LogP contribution in [0.15, 0.2) is 48.5 Å². The minimum atomic E-state index is 0.189. The number of carbonyl (C=O) groups excluding carboxylic acids is 1. The number of hydrogen-bond donors (Lipinski definition) is 0. The lowest BCUT2D eigenvalue weighted by Crippen LogP contribution is -2.30. The summed E-state index contributed by atoms with van der Waals surface area (Å²) in [6.07, 6.45) is 1.45. The van der Waals surface area contributed by atoms with Gasteiger partial charge in [0.05, 0.1) is 6.42 Å². The zero-order chi connectivity index (χ0) is 13.2. The monoisotopic (exact) mass is 251 g/mol. The standard InChI is InChI=1S/C17H17NO/c1-13-6-8-14(9-7-13)12-17(19)18-11-10-15-4-2-3-5-16(15)18/h2-9H,10-12H2,1H3. The molecule has 2 aromatic rings. The highest BCUT2D eigenvalue weighted by molar-refractivity contribution is 5.96. The molecule has 0 aromatic heterocycles. The Kier molecular flexibility index (Phi) is 3.08. The van der Waals surface area contributed by atoms with E-state index < -0.39 is 0 Å². The summed E-state index contributed by atoms with van der Waals surface area (Å²) >= 11 is 0. The highest BCUT2D eigenvalue weighted by atomic mass is 16.2. The predicted octanol–water partition coefficient (Wildman–Crippen LogP) is 3.13. The van der Waals surface area contributed by atoms with E-state index in [9.17, 15) is 4.79 Å². The van der Waals surface area contributed by atoms with Crippen LogP contribution in [0.25, 0.3) is 0 Å². The van der Waals surface area contributed by atoms with Gasteiger partial charge in [-0.25, -0.2) is 0 Å². The Labute approximate surface area is 113 Å². The molecule has 3 rings (SSSR count). The molecule has 1 aliphatic heterocycles. The van der Waals surface area contributed by atoms with Crippen LogP contribution in [-0.4, -0.2) is 12.5 Å². The van der Waals surface area contributed by atoms with E-state index in [-0.39, 0.29) is 5.91 Å². The van der Waals surface area contributed by atoms with Crippen LogP contribution in [0.1, 0.15) is 16.7 Å². The highest BCUT2D eigenvalue weighted by Gasteiger charge is 2.23. The number of fused-ring (bicyclic) bond motifs is 1. The molecule has 0 atom stereocenters. The molecular weight excluding hydrogens is 234 g/mol. The fourth-order valence-electron chi connectivity index (χ4n) is 2.57. The van der Waals surface area contributed by atoms with Crippen molar-refractivity contribution in [2.24, 2.45) is 0 Å². The normalized spacial score (nSPS) is 13.4. The van der Waals surface area contributed by atoms with Crippen molar-refractivity contribution in [3.8, 4) is 0 Å². The summed E-state index contributed by atoms with van der Waals surface area (Å²) in [5, 5.41) is 0. The summed E-state index contributed by atoms with van der Waals surface area (Å²) in [6, 6.07) is 16.4. The van der Waals surface area contributed by atoms with E-state index in [0.717, 1.165) is 24.2 Å². The first-order chi connectivity index (χ1) is 9.24. The first kappa shape index (κ1) is 12.0. The quantitative estimate of drug-likeness (QED) is 0.803. The van der Waals surface area contributed by atoms with Crippen LogP contribution in [0.3, 0.4) is 0 Å². The van der Waals surface area contributed by atoms with Crippen LogP contribution in [0.4, 0.5) is 5.69 Å². The summed E-state index contributed by atoms with van der Waals surface area (Å²) in [7, 11) is 0. The van der Waals surface area contributed by atoms with Crippen LogP contribution in [-0.2, 0) is 17.6 Å². The first-order valence-corrected chi connectivity index (χ1v) is 6.68. The molecule has 1 heterocycles. The summed E-state index contributed by atoms with van der Waals surface area (Å²) < 4.78 is 0. The number of anilines is 1. The van der Waals surface area contributed by atoms with E-state index in [1.54, 1.807) is 0 Å². The van der Waals surface area contributed by atoms with Crippen LogP contribution in [0, 0.1) is 6.92 Å². The van der Waals surface area contributed by atoms with Gasteiger partial charge in [-0.05, 0) is 30.5 Å². The number of rotatable bonds is 2. The zero-order valence-electron chi connectivity index (χ0n) is 11.1. The third-order valence-electron chi connectivity index (χ3n) is 3.66. The fourth-order valence-corrected chi connectivity index (χ4v) is 2.57. The smallest absolute Gasteiger partial charge is 0.231 e. The molecule has 0 radical (unpaired) electrons. The maximum absolute atomic E-state index is 12.4. The van der Waals surface area contributed by atoms with Gasteiger partial charge in [0.2, 0.25) is 5.91 Å². The topological polar surface area (TPSA) is 20.3 Å². The second-order valence-corrected chi connectivity index (χ2v) is 5.09. The number of aryl methyl sites for hydroxylation is 1. The van der Waals surface area contributed by atoms with Crippen molar-refractivity contribution in [2.75, 3.05) is 11.4 Å². The molecule has 0 bridgehead atoms. The third kappa shape index (κ3) is 2.39. The minimum Gasteiger partial charge on any atom is -0.312 e. The van der Waals surface area contributed by atoms with Gasteiger partial charge >= 0.3 is 0 Å². The van der Waals surface area contributed by atoms with Crippen LogP contribution < -0.4 is 4.90 Å². The molecule has 2 heteroatoms. The van der Waals surface area contributed by atoms with Crippen LogP contribution in [0.2, 0.25) is 0 Å². The van der Waals surface area contributed by atoms with Gasteiger partial charge in [0, 0.05) is 12.2 Å². The minimum absolute atomic E-state index is 0.189. The molecule has 96 valence electrons. The summed E-state index contributed by atoms with van der Waals surface area (Å²) in [5.41, 5.74) is 4.67. The van der Waals surface area contributed by atoms with Gasteiger partial charge in [-0.2, -0.15) is 0 Å². The zero-order valence-corrected chi connectivity index (χ0v) is 11.1. The van der Waals surface area contributed by atoms with Crippen molar-refractivity contribution in [1.29, 1.82) is 0 Å². The summed E-state index contributed by atoms with van der Waals surface area (Å²) in [5.74, 6) is 0.189. The van der Waals surface area contributed by atoms with Crippen LogP contribution >= 0.6 is 0 Å². The molecule has 0 spiro atoms. The first-order valence-electron chi connectivity index (χ1n) is 6.68. The number of benzene rings is 2. The number of carbonyl (C=O) groups is 1. The Morgan fingerprint density at radius 2 is 1.84 bits per heavy atom. The molecule has 1 aliphatic rings. The van der Waals surface area contributed by atoms with Crippen molar-refractivity contribution in [1.82, 2.24) is 0 Å². The van der Waals surface area contributed by atoms with Crippen LogP contribution in [0.5, 0.6) is 0 Å². The summed E-state index contributed by atoms with van der Waals surface area (Å²) in [4.78, 5) is 14.3. The summed E-state index contributed by atoms with van der Waals surface area (Å²) in [6.45, 7) is 2.87. The Balaban J connectivity index is 1.77. The lowest BCUT2D eigenvalue weighted by atomic mass is 10.1. The lowest BCUT2D eigenvalue weighted by molar-refractivity contribution is -0.117. The Morgan fingerprint density at radius 1 is 1.11 bits per heavy atom. The third-order valence-corrected chi connectivity index (χ3v) is 3.66. The lowest BCUT2D eigenvalue weighted by Gasteiger charge is -2.17.